The van der Waals surface area contributed by atoms with E-state index in [0.29, 0.717) is 5.69 Å². The maximum absolute atomic E-state index is 12.3. The number of H-pyrrole nitrogens is 1. The van der Waals surface area contributed by atoms with E-state index in [1.54, 1.807) is 0 Å². The Hall–Kier alpha value is -2.98. The third-order valence-corrected chi connectivity index (χ3v) is 4.67. The molecule has 0 unspecified atom stereocenters. The monoisotopic (exact) mass is 349 g/mol. The maximum atomic E-state index is 12.3. The summed E-state index contributed by atoms with van der Waals surface area (Å²) in [5.41, 5.74) is 0.0925. The van der Waals surface area contributed by atoms with Crippen molar-refractivity contribution in [3.63, 3.8) is 0 Å². The third-order valence-electron chi connectivity index (χ3n) is 3.27. The molecule has 0 amide bonds. The van der Waals surface area contributed by atoms with E-state index in [-0.39, 0.29) is 28.0 Å². The van der Waals surface area contributed by atoms with Gasteiger partial charge in [-0.25, -0.2) is 17.9 Å². The molecule has 0 saturated carbocycles. The number of hydrogen-bond acceptors (Lipinski definition) is 6. The average molecular weight is 349 g/mol. The van der Waals surface area contributed by atoms with Gasteiger partial charge in [0.2, 0.25) is 10.0 Å². The van der Waals surface area contributed by atoms with E-state index in [0.717, 1.165) is 6.20 Å². The minimum atomic E-state index is -3.87. The van der Waals surface area contributed by atoms with Crippen molar-refractivity contribution >= 4 is 27.0 Å². The zero-order valence-corrected chi connectivity index (χ0v) is 12.8. The second-order valence-electron chi connectivity index (χ2n) is 4.86. The van der Waals surface area contributed by atoms with Crippen LogP contribution in [0, 0.1) is 0 Å². The minimum absolute atomic E-state index is 0.00578. The van der Waals surface area contributed by atoms with Crippen molar-refractivity contribution in [1.82, 2.24) is 14.9 Å². The predicted octanol–water partition coefficient (Wildman–Crippen LogP) is 0.693. The average Bonchev–Trinajstić information content (AvgIpc) is 2.94. The topological polar surface area (TPSA) is 142 Å². The van der Waals surface area contributed by atoms with Crippen LogP contribution in [-0.4, -0.2) is 29.6 Å². The first-order valence-electron chi connectivity index (χ1n) is 6.66. The van der Waals surface area contributed by atoms with Gasteiger partial charge in [-0.05, 0) is 30.3 Å². The number of pyridine rings is 1. The molecule has 0 aliphatic heterocycles. The first kappa shape index (κ1) is 15.9. The summed E-state index contributed by atoms with van der Waals surface area (Å²) >= 11 is 0. The molecule has 0 atom stereocenters. The molecule has 3 aromatic rings. The van der Waals surface area contributed by atoms with Crippen LogP contribution in [0.1, 0.15) is 16.1 Å². The first-order valence-corrected chi connectivity index (χ1v) is 8.14. The van der Waals surface area contributed by atoms with E-state index in [1.165, 1.54) is 30.3 Å². The summed E-state index contributed by atoms with van der Waals surface area (Å²) in [4.78, 5) is 26.0. The molecule has 0 fully saturated rings. The van der Waals surface area contributed by atoms with Crippen molar-refractivity contribution in [2.24, 2.45) is 0 Å². The molecule has 0 spiro atoms. The summed E-state index contributed by atoms with van der Waals surface area (Å²) in [7, 11) is -3.87. The zero-order chi connectivity index (χ0) is 17.3. The zero-order valence-electron chi connectivity index (χ0n) is 12.0. The fourth-order valence-corrected chi connectivity index (χ4v) is 3.03. The van der Waals surface area contributed by atoms with Gasteiger partial charge in [0.05, 0.1) is 28.1 Å². The number of carboxylic acid groups (broad SMARTS) is 1. The molecule has 1 aromatic carbocycles. The number of aromatic nitrogens is 2. The Morgan fingerprint density at radius 1 is 1.29 bits per heavy atom. The summed E-state index contributed by atoms with van der Waals surface area (Å²) in [5, 5.41) is 11.0. The SMILES string of the molecule is O=C(O)c1ccc(CNS(=O)(=O)c2ccc3o[nH]c(=O)c3c2)nc1. The van der Waals surface area contributed by atoms with E-state index in [2.05, 4.69) is 14.9 Å². The molecule has 124 valence electrons. The predicted molar refractivity (Wildman–Crippen MR) is 82.1 cm³/mol. The van der Waals surface area contributed by atoms with Gasteiger partial charge in [-0.2, -0.15) is 5.16 Å². The van der Waals surface area contributed by atoms with Gasteiger partial charge in [-0.1, -0.05) is 0 Å². The van der Waals surface area contributed by atoms with E-state index in [4.69, 9.17) is 9.63 Å². The molecule has 9 nitrogen and oxygen atoms in total. The number of sulfonamides is 1. The van der Waals surface area contributed by atoms with Crippen LogP contribution in [0.5, 0.6) is 0 Å². The van der Waals surface area contributed by atoms with Crippen LogP contribution in [0.2, 0.25) is 0 Å². The van der Waals surface area contributed by atoms with Crippen LogP contribution >= 0.6 is 0 Å². The van der Waals surface area contributed by atoms with Crippen LogP contribution in [0.3, 0.4) is 0 Å². The highest BCUT2D eigenvalue weighted by Gasteiger charge is 2.16. The number of hydrogen-bond donors (Lipinski definition) is 3. The van der Waals surface area contributed by atoms with Crippen LogP contribution in [-0.2, 0) is 16.6 Å². The number of aromatic carboxylic acids is 1. The smallest absolute Gasteiger partial charge is 0.337 e. The van der Waals surface area contributed by atoms with Crippen molar-refractivity contribution in [1.29, 1.82) is 0 Å². The fraction of sp³-hybridized carbons (Fsp3) is 0.0714. The van der Waals surface area contributed by atoms with Gasteiger partial charge >= 0.3 is 5.97 Å². The third kappa shape index (κ3) is 3.05. The molecule has 2 heterocycles. The Morgan fingerprint density at radius 3 is 2.75 bits per heavy atom. The van der Waals surface area contributed by atoms with E-state index < -0.39 is 21.6 Å². The molecule has 3 rings (SSSR count). The van der Waals surface area contributed by atoms with E-state index >= 15 is 0 Å². The van der Waals surface area contributed by atoms with Crippen molar-refractivity contribution < 1.29 is 22.8 Å². The lowest BCUT2D eigenvalue weighted by Crippen LogP contribution is -2.23. The Labute approximate surface area is 135 Å². The van der Waals surface area contributed by atoms with Gasteiger partial charge in [-0.15, -0.1) is 0 Å². The molecule has 0 aliphatic carbocycles. The van der Waals surface area contributed by atoms with E-state index in [9.17, 15) is 18.0 Å². The molecule has 10 heteroatoms. The Bertz CT molecular complexity index is 1070. The number of carboxylic acids is 1. The lowest BCUT2D eigenvalue weighted by Gasteiger charge is -2.06. The number of nitrogens with zero attached hydrogens (tertiary/aromatic N) is 1. The summed E-state index contributed by atoms with van der Waals surface area (Å²) in [6, 6.07) is 6.64. The normalized spacial score (nSPS) is 11.7. The molecule has 24 heavy (non-hydrogen) atoms. The molecule has 3 N–H and O–H groups in total. The Kier molecular flexibility index (Phi) is 3.91. The summed E-state index contributed by atoms with van der Waals surface area (Å²) < 4.78 is 31.8. The van der Waals surface area contributed by atoms with Gasteiger partial charge in [-0.3, -0.25) is 9.78 Å². The van der Waals surface area contributed by atoms with Gasteiger partial charge < -0.3 is 9.63 Å². The van der Waals surface area contributed by atoms with Gasteiger partial charge in [0, 0.05) is 6.20 Å². The van der Waals surface area contributed by atoms with Crippen LogP contribution in [0.15, 0.2) is 50.7 Å². The van der Waals surface area contributed by atoms with Crippen LogP contribution in [0.4, 0.5) is 0 Å². The number of aromatic amines is 1. The Morgan fingerprint density at radius 2 is 2.08 bits per heavy atom. The molecule has 0 bridgehead atoms. The Balaban J connectivity index is 1.80. The minimum Gasteiger partial charge on any atom is -0.478 e. The highest BCUT2D eigenvalue weighted by Crippen LogP contribution is 2.16. The fourth-order valence-electron chi connectivity index (χ4n) is 2.01. The van der Waals surface area contributed by atoms with Crippen molar-refractivity contribution in [2.45, 2.75) is 11.4 Å². The highest BCUT2D eigenvalue weighted by atomic mass is 32.2. The summed E-state index contributed by atoms with van der Waals surface area (Å²) in [5.74, 6) is -1.12. The van der Waals surface area contributed by atoms with Crippen LogP contribution in [0.25, 0.3) is 11.0 Å². The molecule has 0 radical (unpaired) electrons. The second-order valence-corrected chi connectivity index (χ2v) is 6.63. The van der Waals surface area contributed by atoms with Crippen LogP contribution < -0.4 is 10.3 Å². The van der Waals surface area contributed by atoms with Crippen molar-refractivity contribution in [2.75, 3.05) is 0 Å². The number of nitrogens with one attached hydrogen (secondary N) is 2. The van der Waals surface area contributed by atoms with Gasteiger partial charge in [0.25, 0.3) is 5.56 Å². The molecule has 0 aliphatic rings. The largest absolute Gasteiger partial charge is 0.478 e. The van der Waals surface area contributed by atoms with Crippen molar-refractivity contribution in [3.8, 4) is 0 Å². The first-order chi connectivity index (χ1) is 11.4. The lowest BCUT2D eigenvalue weighted by molar-refractivity contribution is 0.0696. The highest BCUT2D eigenvalue weighted by molar-refractivity contribution is 7.89. The number of benzene rings is 1. The molecular formula is C14H11N3O6S. The summed E-state index contributed by atoms with van der Waals surface area (Å²) in [6.07, 6.45) is 1.14. The number of rotatable bonds is 5. The van der Waals surface area contributed by atoms with Gasteiger partial charge in [0.15, 0.2) is 5.58 Å². The second kappa shape index (κ2) is 5.91. The quantitative estimate of drug-likeness (QED) is 0.615. The van der Waals surface area contributed by atoms with Gasteiger partial charge in [0.1, 0.15) is 0 Å². The maximum Gasteiger partial charge on any atom is 0.337 e. The van der Waals surface area contributed by atoms with E-state index in [1.807, 2.05) is 0 Å². The van der Waals surface area contributed by atoms with Crippen molar-refractivity contribution in [3.05, 3.63) is 58.1 Å². The molecule has 2 aromatic heterocycles. The molecule has 0 saturated heterocycles. The summed E-state index contributed by atoms with van der Waals surface area (Å²) in [6.45, 7) is -0.123. The standard InChI is InChI=1S/C14H11N3O6S/c18-13-11-5-10(3-4-12(11)23-17-13)24(21,22)16-7-9-2-1-8(6-15-9)14(19)20/h1-6,16H,7H2,(H,17,18)(H,19,20). The number of carbonyl (C=O) groups is 1. The number of fused-ring (bicyclic) bond motifs is 1. The lowest BCUT2D eigenvalue weighted by atomic mass is 10.2. The molecular weight excluding hydrogens is 338 g/mol.